The fraction of sp³-hybridized carbons (Fsp3) is 0.154. The van der Waals surface area contributed by atoms with E-state index in [0.29, 0.717) is 21.6 Å². The first kappa shape index (κ1) is 13.9. The third-order valence-electron chi connectivity index (χ3n) is 2.74. The van der Waals surface area contributed by atoms with Crippen LogP contribution in [0.15, 0.2) is 30.3 Å². The second kappa shape index (κ2) is 5.65. The highest BCUT2D eigenvalue weighted by atomic mass is 35.5. The summed E-state index contributed by atoms with van der Waals surface area (Å²) in [4.78, 5) is 12.1. The minimum atomic E-state index is -0.298. The molecule has 0 spiro atoms. The minimum absolute atomic E-state index is 0.0305. The molecule has 4 nitrogen and oxygen atoms in total. The molecule has 1 aromatic carbocycles. The fourth-order valence-corrected chi connectivity index (χ4v) is 2.02. The number of carbonyl (C=O) groups is 1. The van der Waals surface area contributed by atoms with Crippen LogP contribution in [-0.4, -0.2) is 15.6 Å². The number of hydrogen-bond acceptors (Lipinski definition) is 2. The van der Waals surface area contributed by atoms with Crippen LogP contribution in [0.1, 0.15) is 16.1 Å². The predicted molar refractivity (Wildman–Crippen MR) is 75.8 cm³/mol. The molecule has 0 atom stereocenters. The van der Waals surface area contributed by atoms with Gasteiger partial charge in [0.1, 0.15) is 10.8 Å². The molecule has 0 radical (unpaired) electrons. The Bertz CT molecular complexity index is 606. The van der Waals surface area contributed by atoms with Crippen LogP contribution >= 0.6 is 23.2 Å². The summed E-state index contributed by atoms with van der Waals surface area (Å²) < 4.78 is 1.52. The largest absolute Gasteiger partial charge is 0.392 e. The van der Waals surface area contributed by atoms with Gasteiger partial charge in [0.05, 0.1) is 11.6 Å². The summed E-state index contributed by atoms with van der Waals surface area (Å²) in [6.07, 6.45) is 0. The Hall–Kier alpha value is -1.49. The van der Waals surface area contributed by atoms with Crippen molar-refractivity contribution in [1.29, 1.82) is 0 Å². The van der Waals surface area contributed by atoms with Crippen molar-refractivity contribution in [3.05, 3.63) is 51.8 Å². The second-order valence-electron chi connectivity index (χ2n) is 4.04. The van der Waals surface area contributed by atoms with Gasteiger partial charge in [-0.2, -0.15) is 0 Å². The topological polar surface area (TPSA) is 54.3 Å². The van der Waals surface area contributed by atoms with Gasteiger partial charge in [0.25, 0.3) is 5.91 Å². The Morgan fingerprint density at radius 2 is 1.95 bits per heavy atom. The molecule has 0 aliphatic rings. The summed E-state index contributed by atoms with van der Waals surface area (Å²) in [5, 5.41) is 12.3. The molecule has 0 unspecified atom stereocenters. The Balaban J connectivity index is 2.18. The summed E-state index contributed by atoms with van der Waals surface area (Å²) in [6.45, 7) is -0.0305. The van der Waals surface area contributed by atoms with Crippen LogP contribution in [0.5, 0.6) is 0 Å². The summed E-state index contributed by atoms with van der Waals surface area (Å²) in [7, 11) is 1.66. The van der Waals surface area contributed by atoms with Crippen LogP contribution in [0.4, 0.5) is 5.69 Å². The average Bonchev–Trinajstić information content (AvgIpc) is 2.67. The van der Waals surface area contributed by atoms with E-state index in [2.05, 4.69) is 5.32 Å². The summed E-state index contributed by atoms with van der Waals surface area (Å²) in [5.74, 6) is -0.298. The van der Waals surface area contributed by atoms with E-state index in [-0.39, 0.29) is 12.5 Å². The zero-order valence-electron chi connectivity index (χ0n) is 10.2. The molecular weight excluding hydrogens is 287 g/mol. The van der Waals surface area contributed by atoms with Crippen molar-refractivity contribution in [3.63, 3.8) is 0 Å². The van der Waals surface area contributed by atoms with Crippen molar-refractivity contribution >= 4 is 34.8 Å². The Kier molecular flexibility index (Phi) is 4.14. The summed E-state index contributed by atoms with van der Waals surface area (Å²) >= 11 is 11.8. The molecule has 6 heteroatoms. The Morgan fingerprint density at radius 1 is 1.32 bits per heavy atom. The van der Waals surface area contributed by atoms with Gasteiger partial charge < -0.3 is 15.0 Å². The van der Waals surface area contributed by atoms with E-state index >= 15 is 0 Å². The molecule has 1 heterocycles. The van der Waals surface area contributed by atoms with Gasteiger partial charge >= 0.3 is 0 Å². The lowest BCUT2D eigenvalue weighted by Gasteiger charge is -2.07. The van der Waals surface area contributed by atoms with Crippen LogP contribution in [-0.2, 0) is 13.7 Å². The molecule has 0 bridgehead atoms. The van der Waals surface area contributed by atoms with Crippen molar-refractivity contribution in [2.75, 3.05) is 5.32 Å². The van der Waals surface area contributed by atoms with E-state index in [9.17, 15) is 4.79 Å². The van der Waals surface area contributed by atoms with Crippen molar-refractivity contribution in [2.24, 2.45) is 7.05 Å². The summed E-state index contributed by atoms with van der Waals surface area (Å²) in [6, 6.07) is 8.42. The van der Waals surface area contributed by atoms with E-state index in [1.54, 1.807) is 31.3 Å². The number of benzene rings is 1. The number of nitrogens with zero attached hydrogens (tertiary/aromatic N) is 1. The van der Waals surface area contributed by atoms with Gasteiger partial charge in [-0.05, 0) is 23.8 Å². The van der Waals surface area contributed by atoms with Crippen LogP contribution in [0.3, 0.4) is 0 Å². The van der Waals surface area contributed by atoms with Crippen molar-refractivity contribution in [1.82, 2.24) is 4.57 Å². The molecule has 0 aliphatic carbocycles. The van der Waals surface area contributed by atoms with Gasteiger partial charge in [-0.25, -0.2) is 0 Å². The number of rotatable bonds is 3. The zero-order valence-corrected chi connectivity index (χ0v) is 11.7. The number of halogens is 2. The molecule has 0 saturated carbocycles. The lowest BCUT2D eigenvalue weighted by molar-refractivity contribution is 0.101. The Morgan fingerprint density at radius 3 is 2.42 bits per heavy atom. The van der Waals surface area contributed by atoms with E-state index in [0.717, 1.165) is 5.56 Å². The molecule has 2 aromatic rings. The maximum absolute atomic E-state index is 12.1. The first-order valence-corrected chi connectivity index (χ1v) is 6.30. The van der Waals surface area contributed by atoms with E-state index < -0.39 is 0 Å². The third kappa shape index (κ3) is 2.92. The van der Waals surface area contributed by atoms with E-state index in [1.165, 1.54) is 10.6 Å². The quantitative estimate of drug-likeness (QED) is 0.915. The molecule has 2 N–H and O–H groups in total. The number of anilines is 1. The van der Waals surface area contributed by atoms with Crippen molar-refractivity contribution in [3.8, 4) is 0 Å². The summed E-state index contributed by atoms with van der Waals surface area (Å²) in [5.41, 5.74) is 1.79. The predicted octanol–water partition coefficient (Wildman–Crippen LogP) is 3.08. The highest BCUT2D eigenvalue weighted by Crippen LogP contribution is 2.25. The van der Waals surface area contributed by atoms with Crippen LogP contribution in [0.25, 0.3) is 0 Å². The fourth-order valence-electron chi connectivity index (χ4n) is 1.65. The number of nitrogens with one attached hydrogen (secondary N) is 1. The molecule has 1 amide bonds. The van der Waals surface area contributed by atoms with Crippen molar-refractivity contribution in [2.45, 2.75) is 6.61 Å². The number of amides is 1. The molecule has 0 aliphatic heterocycles. The molecule has 100 valence electrons. The molecule has 2 rings (SSSR count). The highest BCUT2D eigenvalue weighted by Gasteiger charge is 2.15. The van der Waals surface area contributed by atoms with Crippen LogP contribution < -0.4 is 5.32 Å². The number of aromatic nitrogens is 1. The van der Waals surface area contributed by atoms with Gasteiger partial charge in [-0.1, -0.05) is 35.3 Å². The first-order valence-electron chi connectivity index (χ1n) is 5.55. The number of aliphatic hydroxyl groups is 1. The molecule has 0 saturated heterocycles. The van der Waals surface area contributed by atoms with Gasteiger partial charge in [0.15, 0.2) is 0 Å². The monoisotopic (exact) mass is 298 g/mol. The number of carbonyl (C=O) groups excluding carboxylic acids is 1. The standard InChI is InChI=1S/C13H12Cl2N2O2/c1-17-11(6-10(14)12(17)15)13(19)16-9-4-2-8(7-18)3-5-9/h2-6,18H,7H2,1H3,(H,16,19). The van der Waals surface area contributed by atoms with E-state index in [4.69, 9.17) is 28.3 Å². The van der Waals surface area contributed by atoms with Gasteiger partial charge in [-0.3, -0.25) is 4.79 Å². The zero-order chi connectivity index (χ0) is 14.0. The number of hydrogen-bond donors (Lipinski definition) is 2. The third-order valence-corrected chi connectivity index (χ3v) is 3.59. The smallest absolute Gasteiger partial charge is 0.272 e. The van der Waals surface area contributed by atoms with Crippen LogP contribution in [0.2, 0.25) is 10.2 Å². The highest BCUT2D eigenvalue weighted by molar-refractivity contribution is 6.42. The lowest BCUT2D eigenvalue weighted by atomic mass is 10.2. The van der Waals surface area contributed by atoms with Gasteiger partial charge in [-0.15, -0.1) is 0 Å². The molecule has 1 aromatic heterocycles. The van der Waals surface area contributed by atoms with E-state index in [1.807, 2.05) is 0 Å². The SMILES string of the molecule is Cn1c(C(=O)Nc2ccc(CO)cc2)cc(Cl)c1Cl. The molecule has 19 heavy (non-hydrogen) atoms. The van der Waals surface area contributed by atoms with Gasteiger partial charge in [0.2, 0.25) is 0 Å². The average molecular weight is 299 g/mol. The lowest BCUT2D eigenvalue weighted by Crippen LogP contribution is -2.15. The van der Waals surface area contributed by atoms with Crippen molar-refractivity contribution < 1.29 is 9.90 Å². The molecular formula is C13H12Cl2N2O2. The Labute approximate surface area is 120 Å². The maximum atomic E-state index is 12.1. The normalized spacial score (nSPS) is 10.5. The first-order chi connectivity index (χ1) is 9.02. The van der Waals surface area contributed by atoms with Gasteiger partial charge in [0, 0.05) is 12.7 Å². The molecule has 0 fully saturated rings. The maximum Gasteiger partial charge on any atom is 0.272 e. The minimum Gasteiger partial charge on any atom is -0.392 e. The number of aliphatic hydroxyl groups excluding tert-OH is 1. The van der Waals surface area contributed by atoms with Crippen LogP contribution in [0, 0.1) is 0 Å². The second-order valence-corrected chi connectivity index (χ2v) is 4.80.